The number of aliphatic hydroxyl groups is 1. The maximum atomic E-state index is 12.4. The van der Waals surface area contributed by atoms with Crippen LogP contribution < -0.4 is 0 Å². The number of hydrogen-bond acceptors (Lipinski definition) is 3. The molecular formula is C17H22N2O2. The summed E-state index contributed by atoms with van der Waals surface area (Å²) in [6.07, 6.45) is 3.12. The fraction of sp³-hybridized carbons (Fsp3) is 0.529. The first-order chi connectivity index (χ1) is 10.1. The van der Waals surface area contributed by atoms with Gasteiger partial charge in [-0.15, -0.1) is 0 Å². The summed E-state index contributed by atoms with van der Waals surface area (Å²) in [6, 6.07) is 3.54. The van der Waals surface area contributed by atoms with Crippen LogP contribution in [0.4, 0.5) is 0 Å². The molecule has 1 aliphatic heterocycles. The zero-order valence-corrected chi connectivity index (χ0v) is 12.7. The molecule has 1 fully saturated rings. The summed E-state index contributed by atoms with van der Waals surface area (Å²) in [5.41, 5.74) is 1.24. The van der Waals surface area contributed by atoms with Crippen molar-refractivity contribution in [3.8, 4) is 11.8 Å². The molecule has 2 rings (SSSR count). The molecule has 2 heterocycles. The summed E-state index contributed by atoms with van der Waals surface area (Å²) in [4.78, 5) is 18.5. The van der Waals surface area contributed by atoms with Gasteiger partial charge in [0, 0.05) is 31.3 Å². The van der Waals surface area contributed by atoms with E-state index in [1.165, 1.54) is 0 Å². The number of amides is 1. The van der Waals surface area contributed by atoms with Gasteiger partial charge in [0.05, 0.1) is 6.61 Å². The zero-order valence-electron chi connectivity index (χ0n) is 12.7. The van der Waals surface area contributed by atoms with Crippen LogP contribution in [-0.4, -0.2) is 40.6 Å². The van der Waals surface area contributed by atoms with Gasteiger partial charge >= 0.3 is 0 Å². The van der Waals surface area contributed by atoms with Crippen molar-refractivity contribution < 1.29 is 9.90 Å². The predicted molar refractivity (Wildman–Crippen MR) is 81.7 cm³/mol. The van der Waals surface area contributed by atoms with E-state index in [1.54, 1.807) is 18.3 Å². The maximum absolute atomic E-state index is 12.4. The molecule has 1 N–H and O–H groups in total. The molecule has 1 amide bonds. The number of likely N-dealkylation sites (tertiary alicyclic amines) is 1. The molecule has 1 saturated heterocycles. The van der Waals surface area contributed by atoms with Gasteiger partial charge in [-0.1, -0.05) is 25.7 Å². The van der Waals surface area contributed by atoms with Crippen molar-refractivity contribution >= 4 is 5.91 Å². The molecule has 0 spiro atoms. The minimum absolute atomic E-state index is 0.00335. The van der Waals surface area contributed by atoms with E-state index in [0.29, 0.717) is 24.0 Å². The van der Waals surface area contributed by atoms with E-state index in [9.17, 15) is 4.79 Å². The number of nitrogens with zero attached hydrogens (tertiary/aromatic N) is 2. The van der Waals surface area contributed by atoms with Crippen LogP contribution in [0.2, 0.25) is 0 Å². The third-order valence-electron chi connectivity index (χ3n) is 4.07. The largest absolute Gasteiger partial charge is 0.395 e. The topological polar surface area (TPSA) is 53.4 Å². The van der Waals surface area contributed by atoms with Crippen LogP contribution in [0.5, 0.6) is 0 Å². The highest BCUT2D eigenvalue weighted by atomic mass is 16.2. The van der Waals surface area contributed by atoms with Crippen LogP contribution in [0, 0.1) is 23.7 Å². The highest BCUT2D eigenvalue weighted by molar-refractivity contribution is 5.92. The van der Waals surface area contributed by atoms with E-state index in [2.05, 4.69) is 30.7 Å². The Bertz CT molecular complexity index is 542. The molecule has 1 aromatic heterocycles. The van der Waals surface area contributed by atoms with Crippen molar-refractivity contribution in [3.05, 3.63) is 29.6 Å². The first kappa shape index (κ1) is 15.5. The van der Waals surface area contributed by atoms with Gasteiger partial charge in [0.2, 0.25) is 0 Å². The van der Waals surface area contributed by atoms with Crippen molar-refractivity contribution in [1.29, 1.82) is 0 Å². The Hall–Kier alpha value is -1.86. The number of aromatic nitrogens is 1. The Balaban J connectivity index is 2.02. The molecule has 1 aliphatic rings. The zero-order chi connectivity index (χ0) is 15.2. The van der Waals surface area contributed by atoms with Crippen molar-refractivity contribution in [2.45, 2.75) is 26.7 Å². The van der Waals surface area contributed by atoms with Crippen LogP contribution >= 0.6 is 0 Å². The van der Waals surface area contributed by atoms with Crippen LogP contribution in [-0.2, 0) is 0 Å². The number of hydrogen-bond donors (Lipinski definition) is 1. The molecule has 0 aromatic carbocycles. The lowest BCUT2D eigenvalue weighted by Crippen LogP contribution is -2.42. The molecule has 0 saturated carbocycles. The van der Waals surface area contributed by atoms with Crippen LogP contribution in [0.3, 0.4) is 0 Å². The van der Waals surface area contributed by atoms with Crippen LogP contribution in [0.1, 0.15) is 42.7 Å². The van der Waals surface area contributed by atoms with Crippen molar-refractivity contribution in [1.82, 2.24) is 9.88 Å². The molecular weight excluding hydrogens is 264 g/mol. The lowest BCUT2D eigenvalue weighted by Gasteiger charge is -2.35. The highest BCUT2D eigenvalue weighted by Crippen LogP contribution is 2.23. The fourth-order valence-electron chi connectivity index (χ4n) is 2.42. The van der Waals surface area contributed by atoms with Gasteiger partial charge in [-0.3, -0.25) is 4.79 Å². The molecule has 2 unspecified atom stereocenters. The number of carbonyl (C=O) groups is 1. The number of aliphatic hydroxyl groups excluding tert-OH is 1. The predicted octanol–water partition coefficient (Wildman–Crippen LogP) is 1.93. The highest BCUT2D eigenvalue weighted by Gasteiger charge is 2.26. The van der Waals surface area contributed by atoms with Gasteiger partial charge < -0.3 is 10.0 Å². The Labute approximate surface area is 126 Å². The van der Waals surface area contributed by atoms with Crippen molar-refractivity contribution in [3.63, 3.8) is 0 Å². The molecule has 112 valence electrons. The third-order valence-corrected chi connectivity index (χ3v) is 4.07. The second kappa shape index (κ2) is 7.24. The van der Waals surface area contributed by atoms with E-state index in [4.69, 9.17) is 5.11 Å². The summed E-state index contributed by atoms with van der Waals surface area (Å²) in [5.74, 6) is 6.95. The van der Waals surface area contributed by atoms with Crippen LogP contribution in [0.15, 0.2) is 18.3 Å². The van der Waals surface area contributed by atoms with Crippen molar-refractivity contribution in [2.24, 2.45) is 11.8 Å². The lowest BCUT2D eigenvalue weighted by atomic mass is 9.88. The van der Waals surface area contributed by atoms with Gasteiger partial charge in [-0.25, -0.2) is 4.98 Å². The maximum Gasteiger partial charge on any atom is 0.272 e. The fourth-order valence-corrected chi connectivity index (χ4v) is 2.42. The molecule has 1 aromatic rings. The molecule has 0 bridgehead atoms. The van der Waals surface area contributed by atoms with Gasteiger partial charge in [0.25, 0.3) is 5.91 Å². The standard InChI is InChI=1S/C17H22N2O2/c1-13-8-9-19(12-14(13)2)17(21)16-7-6-15(11-18-16)5-3-4-10-20/h6-7,11,13-14,20H,4,8-10,12H2,1-2H3. The van der Waals surface area contributed by atoms with E-state index in [1.807, 2.05) is 4.90 Å². The smallest absolute Gasteiger partial charge is 0.272 e. The third kappa shape index (κ3) is 4.05. The van der Waals surface area contributed by atoms with E-state index in [0.717, 1.165) is 25.1 Å². The number of rotatable bonds is 2. The van der Waals surface area contributed by atoms with Gasteiger partial charge in [0.1, 0.15) is 5.69 Å². The van der Waals surface area contributed by atoms with E-state index in [-0.39, 0.29) is 12.5 Å². The van der Waals surface area contributed by atoms with Gasteiger partial charge in [-0.2, -0.15) is 0 Å². The van der Waals surface area contributed by atoms with Gasteiger partial charge in [-0.05, 0) is 30.4 Å². The summed E-state index contributed by atoms with van der Waals surface area (Å²) in [6.45, 7) is 6.11. The molecule has 2 atom stereocenters. The molecule has 0 radical (unpaired) electrons. The number of piperidine rings is 1. The average molecular weight is 286 g/mol. The molecule has 21 heavy (non-hydrogen) atoms. The first-order valence-electron chi connectivity index (χ1n) is 7.47. The second-order valence-electron chi connectivity index (χ2n) is 5.70. The Morgan fingerprint density at radius 2 is 2.24 bits per heavy atom. The first-order valence-corrected chi connectivity index (χ1v) is 7.47. The average Bonchev–Trinajstić information content (AvgIpc) is 2.50. The minimum atomic E-state index is 0.00335. The van der Waals surface area contributed by atoms with Crippen LogP contribution in [0.25, 0.3) is 0 Å². The second-order valence-corrected chi connectivity index (χ2v) is 5.70. The summed E-state index contributed by atoms with van der Waals surface area (Å²) in [5, 5.41) is 8.68. The summed E-state index contributed by atoms with van der Waals surface area (Å²) in [7, 11) is 0. The quantitative estimate of drug-likeness (QED) is 0.845. The number of carbonyl (C=O) groups excluding carboxylic acids is 1. The lowest BCUT2D eigenvalue weighted by molar-refractivity contribution is 0.0621. The molecule has 0 aliphatic carbocycles. The SMILES string of the molecule is CC1CCN(C(=O)c2ccc(C#CCCO)cn2)CC1C. The Kier molecular flexibility index (Phi) is 5.35. The summed E-state index contributed by atoms with van der Waals surface area (Å²) < 4.78 is 0. The van der Waals surface area contributed by atoms with E-state index < -0.39 is 0 Å². The number of pyridine rings is 1. The molecule has 4 nitrogen and oxygen atoms in total. The summed E-state index contributed by atoms with van der Waals surface area (Å²) >= 11 is 0. The normalized spacial score (nSPS) is 21.6. The monoisotopic (exact) mass is 286 g/mol. The molecule has 4 heteroatoms. The van der Waals surface area contributed by atoms with Crippen molar-refractivity contribution in [2.75, 3.05) is 19.7 Å². The Morgan fingerprint density at radius 3 is 2.86 bits per heavy atom. The minimum Gasteiger partial charge on any atom is -0.395 e. The van der Waals surface area contributed by atoms with E-state index >= 15 is 0 Å². The van der Waals surface area contributed by atoms with Gasteiger partial charge in [0.15, 0.2) is 0 Å². The Morgan fingerprint density at radius 1 is 1.43 bits per heavy atom.